The molecule has 0 aliphatic carbocycles. The molecule has 0 saturated heterocycles. The first-order chi connectivity index (χ1) is 9.63. The number of halogens is 2. The molecular formula is C16H12F2O2. The second-order valence-corrected chi connectivity index (χ2v) is 4.81. The predicted molar refractivity (Wildman–Crippen MR) is 69.6 cm³/mol. The van der Waals surface area contributed by atoms with Gasteiger partial charge in [-0.2, -0.15) is 0 Å². The lowest BCUT2D eigenvalue weighted by Crippen LogP contribution is -2.26. The van der Waals surface area contributed by atoms with Gasteiger partial charge in [-0.1, -0.05) is 24.3 Å². The SMILES string of the molecule is O=C(Cc1ccc(F)c(F)c1)C1Cc2ccccc2O1. The minimum Gasteiger partial charge on any atom is -0.482 e. The van der Waals surface area contributed by atoms with Gasteiger partial charge in [0.15, 0.2) is 23.5 Å². The highest BCUT2D eigenvalue weighted by Gasteiger charge is 2.28. The van der Waals surface area contributed by atoms with Crippen molar-refractivity contribution in [2.24, 2.45) is 0 Å². The molecule has 0 saturated carbocycles. The topological polar surface area (TPSA) is 26.3 Å². The van der Waals surface area contributed by atoms with E-state index in [-0.39, 0.29) is 12.2 Å². The Morgan fingerprint density at radius 1 is 1.15 bits per heavy atom. The van der Waals surface area contributed by atoms with Crippen LogP contribution in [0.15, 0.2) is 42.5 Å². The quantitative estimate of drug-likeness (QED) is 0.859. The van der Waals surface area contributed by atoms with E-state index in [2.05, 4.69) is 0 Å². The zero-order valence-corrected chi connectivity index (χ0v) is 10.6. The Morgan fingerprint density at radius 3 is 2.70 bits per heavy atom. The predicted octanol–water partition coefficient (Wildman–Crippen LogP) is 3.08. The largest absolute Gasteiger partial charge is 0.482 e. The Balaban J connectivity index is 1.71. The molecule has 1 atom stereocenters. The van der Waals surface area contributed by atoms with Gasteiger partial charge >= 0.3 is 0 Å². The molecule has 4 heteroatoms. The van der Waals surface area contributed by atoms with Crippen molar-refractivity contribution < 1.29 is 18.3 Å². The fourth-order valence-corrected chi connectivity index (χ4v) is 2.33. The molecule has 0 amide bonds. The number of hydrogen-bond donors (Lipinski definition) is 0. The van der Waals surface area contributed by atoms with Crippen LogP contribution in [0.4, 0.5) is 8.78 Å². The van der Waals surface area contributed by atoms with Crippen molar-refractivity contribution in [3.8, 4) is 5.75 Å². The number of carbonyl (C=O) groups is 1. The van der Waals surface area contributed by atoms with Crippen molar-refractivity contribution >= 4 is 5.78 Å². The number of fused-ring (bicyclic) bond motifs is 1. The average Bonchev–Trinajstić information content (AvgIpc) is 2.87. The molecule has 20 heavy (non-hydrogen) atoms. The van der Waals surface area contributed by atoms with E-state index in [1.165, 1.54) is 6.07 Å². The van der Waals surface area contributed by atoms with E-state index in [1.807, 2.05) is 24.3 Å². The van der Waals surface area contributed by atoms with Gasteiger partial charge in [0.2, 0.25) is 0 Å². The van der Waals surface area contributed by atoms with Crippen molar-refractivity contribution in [1.29, 1.82) is 0 Å². The summed E-state index contributed by atoms with van der Waals surface area (Å²) >= 11 is 0. The lowest BCUT2D eigenvalue weighted by molar-refractivity contribution is -0.124. The van der Waals surface area contributed by atoms with Crippen LogP contribution in [0.1, 0.15) is 11.1 Å². The molecule has 0 bridgehead atoms. The number of carbonyl (C=O) groups excluding carboxylic acids is 1. The number of benzene rings is 2. The van der Waals surface area contributed by atoms with Crippen LogP contribution in [0.25, 0.3) is 0 Å². The van der Waals surface area contributed by atoms with E-state index < -0.39 is 17.7 Å². The second kappa shape index (κ2) is 5.04. The van der Waals surface area contributed by atoms with Crippen molar-refractivity contribution in [2.45, 2.75) is 18.9 Å². The summed E-state index contributed by atoms with van der Waals surface area (Å²) in [6, 6.07) is 11.0. The molecule has 0 fully saturated rings. The van der Waals surface area contributed by atoms with E-state index in [1.54, 1.807) is 0 Å². The van der Waals surface area contributed by atoms with Crippen LogP contribution in [0.2, 0.25) is 0 Å². The Kier molecular flexibility index (Phi) is 3.22. The van der Waals surface area contributed by atoms with Gasteiger partial charge in [-0.3, -0.25) is 4.79 Å². The second-order valence-electron chi connectivity index (χ2n) is 4.81. The number of hydrogen-bond acceptors (Lipinski definition) is 2. The highest BCUT2D eigenvalue weighted by molar-refractivity contribution is 5.86. The molecule has 1 aliphatic rings. The Hall–Kier alpha value is -2.23. The fourth-order valence-electron chi connectivity index (χ4n) is 2.33. The van der Waals surface area contributed by atoms with Gasteiger partial charge in [0, 0.05) is 12.8 Å². The summed E-state index contributed by atoms with van der Waals surface area (Å²) in [4.78, 5) is 12.1. The monoisotopic (exact) mass is 274 g/mol. The first-order valence-electron chi connectivity index (χ1n) is 6.34. The van der Waals surface area contributed by atoms with E-state index in [4.69, 9.17) is 4.74 Å². The Bertz CT molecular complexity index is 642. The van der Waals surface area contributed by atoms with Crippen molar-refractivity contribution in [3.05, 3.63) is 65.2 Å². The number of ether oxygens (including phenoxy) is 1. The van der Waals surface area contributed by atoms with E-state index in [0.29, 0.717) is 12.0 Å². The molecule has 0 N–H and O–H groups in total. The third-order valence-corrected chi connectivity index (χ3v) is 3.37. The van der Waals surface area contributed by atoms with Crippen LogP contribution in [0.3, 0.4) is 0 Å². The van der Waals surface area contributed by atoms with Crippen molar-refractivity contribution in [1.82, 2.24) is 0 Å². The molecule has 2 nitrogen and oxygen atoms in total. The molecule has 2 aromatic carbocycles. The van der Waals surface area contributed by atoms with Gasteiger partial charge in [-0.25, -0.2) is 8.78 Å². The van der Waals surface area contributed by atoms with E-state index >= 15 is 0 Å². The third-order valence-electron chi connectivity index (χ3n) is 3.37. The maximum Gasteiger partial charge on any atom is 0.177 e. The standard InChI is InChI=1S/C16H12F2O2/c17-12-6-5-10(7-13(12)18)8-14(19)16-9-11-3-1-2-4-15(11)20-16/h1-7,16H,8-9H2. The molecule has 3 rings (SSSR count). The molecule has 1 heterocycles. The fraction of sp³-hybridized carbons (Fsp3) is 0.188. The van der Waals surface area contributed by atoms with E-state index in [0.717, 1.165) is 23.4 Å². The van der Waals surface area contributed by atoms with Gasteiger partial charge in [-0.15, -0.1) is 0 Å². The molecule has 1 aliphatic heterocycles. The van der Waals surface area contributed by atoms with Gasteiger partial charge in [-0.05, 0) is 29.3 Å². The van der Waals surface area contributed by atoms with Gasteiger partial charge in [0.05, 0.1) is 0 Å². The van der Waals surface area contributed by atoms with Crippen molar-refractivity contribution in [3.63, 3.8) is 0 Å². The molecule has 0 radical (unpaired) electrons. The minimum atomic E-state index is -0.939. The average molecular weight is 274 g/mol. The maximum atomic E-state index is 13.1. The molecule has 0 spiro atoms. The summed E-state index contributed by atoms with van der Waals surface area (Å²) in [6.07, 6.45) is 0.0228. The molecule has 2 aromatic rings. The highest BCUT2D eigenvalue weighted by atomic mass is 19.2. The van der Waals surface area contributed by atoms with Crippen LogP contribution in [-0.4, -0.2) is 11.9 Å². The summed E-state index contributed by atoms with van der Waals surface area (Å²) in [7, 11) is 0. The Labute approximate surface area is 115 Å². The van der Waals surface area contributed by atoms with Gasteiger partial charge in [0.1, 0.15) is 5.75 Å². The molecular weight excluding hydrogens is 262 g/mol. The first kappa shape index (κ1) is 12.8. The summed E-state index contributed by atoms with van der Waals surface area (Å²) in [5.74, 6) is -1.26. The summed E-state index contributed by atoms with van der Waals surface area (Å²) in [5, 5.41) is 0. The number of rotatable bonds is 3. The molecule has 0 aromatic heterocycles. The van der Waals surface area contributed by atoms with Crippen LogP contribution in [-0.2, 0) is 17.6 Å². The molecule has 102 valence electrons. The smallest absolute Gasteiger partial charge is 0.177 e. The Morgan fingerprint density at radius 2 is 1.95 bits per heavy atom. The highest BCUT2D eigenvalue weighted by Crippen LogP contribution is 2.29. The van der Waals surface area contributed by atoms with Crippen LogP contribution in [0.5, 0.6) is 5.75 Å². The summed E-state index contributed by atoms with van der Waals surface area (Å²) in [6.45, 7) is 0. The molecule has 1 unspecified atom stereocenters. The maximum absolute atomic E-state index is 13.1. The van der Waals surface area contributed by atoms with Gasteiger partial charge in [0.25, 0.3) is 0 Å². The van der Waals surface area contributed by atoms with Gasteiger partial charge < -0.3 is 4.74 Å². The van der Waals surface area contributed by atoms with Crippen LogP contribution >= 0.6 is 0 Å². The van der Waals surface area contributed by atoms with Crippen LogP contribution < -0.4 is 4.74 Å². The van der Waals surface area contributed by atoms with Crippen molar-refractivity contribution in [2.75, 3.05) is 0 Å². The minimum absolute atomic E-state index is 0.0376. The lowest BCUT2D eigenvalue weighted by atomic mass is 10.0. The third kappa shape index (κ3) is 2.41. The van der Waals surface area contributed by atoms with Crippen LogP contribution in [0, 0.1) is 11.6 Å². The number of para-hydroxylation sites is 1. The zero-order valence-electron chi connectivity index (χ0n) is 10.6. The summed E-state index contributed by atoms with van der Waals surface area (Å²) < 4.78 is 31.5. The number of Topliss-reactive ketones (excluding diaryl/α,β-unsaturated/α-hetero) is 1. The number of ketones is 1. The summed E-state index contributed by atoms with van der Waals surface area (Å²) in [5.41, 5.74) is 1.45. The lowest BCUT2D eigenvalue weighted by Gasteiger charge is -2.09. The normalized spacial score (nSPS) is 16.6. The first-order valence-corrected chi connectivity index (χ1v) is 6.34. The van der Waals surface area contributed by atoms with E-state index in [9.17, 15) is 13.6 Å². The zero-order chi connectivity index (χ0) is 14.1.